The minimum atomic E-state index is -0.322. The molecule has 21 heavy (non-hydrogen) atoms. The summed E-state index contributed by atoms with van der Waals surface area (Å²) >= 11 is 0. The smallest absolute Gasteiger partial charge is 0.223 e. The van der Waals surface area contributed by atoms with E-state index in [1.165, 1.54) is 19.3 Å². The van der Waals surface area contributed by atoms with Crippen molar-refractivity contribution in [3.63, 3.8) is 0 Å². The molecule has 5 nitrogen and oxygen atoms in total. The Hall–Kier alpha value is -1.33. The van der Waals surface area contributed by atoms with Crippen LogP contribution in [0.25, 0.3) is 0 Å². The summed E-state index contributed by atoms with van der Waals surface area (Å²) in [5, 5.41) is 18.9. The number of aliphatic hydroxyl groups excluding tert-OH is 1. The third kappa shape index (κ3) is 4.08. The summed E-state index contributed by atoms with van der Waals surface area (Å²) < 4.78 is 2.08. The molecule has 1 fully saturated rings. The fourth-order valence-corrected chi connectivity index (χ4v) is 3.12. The second-order valence-electron chi connectivity index (χ2n) is 5.81. The van der Waals surface area contributed by atoms with Gasteiger partial charge in [-0.15, -0.1) is 0 Å². The fourth-order valence-electron chi connectivity index (χ4n) is 3.12. The van der Waals surface area contributed by atoms with E-state index in [1.807, 2.05) is 6.92 Å². The summed E-state index contributed by atoms with van der Waals surface area (Å²) in [6.45, 7) is 4.19. The second-order valence-corrected chi connectivity index (χ2v) is 5.81. The van der Waals surface area contributed by atoms with Gasteiger partial charge in [0.15, 0.2) is 5.75 Å². The minimum absolute atomic E-state index is 0.111. The molecule has 0 bridgehead atoms. The maximum absolute atomic E-state index is 11.8. The quantitative estimate of drug-likeness (QED) is 0.840. The number of aliphatic hydroxyl groups is 1. The van der Waals surface area contributed by atoms with Gasteiger partial charge in [0.1, 0.15) is 0 Å². The summed E-state index contributed by atoms with van der Waals surface area (Å²) in [5.41, 5.74) is 0.608. The van der Waals surface area contributed by atoms with Crippen molar-refractivity contribution in [1.29, 1.82) is 0 Å². The molecule has 2 rings (SSSR count). The third-order valence-electron chi connectivity index (χ3n) is 4.36. The highest BCUT2D eigenvalue weighted by Gasteiger charge is 2.19. The van der Waals surface area contributed by atoms with Crippen LogP contribution in [0.5, 0.6) is 5.75 Å². The van der Waals surface area contributed by atoms with Gasteiger partial charge in [0.2, 0.25) is 5.43 Å². The van der Waals surface area contributed by atoms with Gasteiger partial charge in [-0.05, 0) is 19.4 Å². The normalized spacial score (nSPS) is 16.5. The highest BCUT2D eigenvalue weighted by molar-refractivity contribution is 5.21. The van der Waals surface area contributed by atoms with Gasteiger partial charge < -0.3 is 14.8 Å². The number of aromatic hydroxyl groups is 1. The Balaban J connectivity index is 2.28. The maximum atomic E-state index is 11.8. The molecule has 1 aliphatic carbocycles. The van der Waals surface area contributed by atoms with Crippen molar-refractivity contribution in [3.05, 3.63) is 28.2 Å². The van der Waals surface area contributed by atoms with E-state index in [2.05, 4.69) is 9.47 Å². The van der Waals surface area contributed by atoms with Gasteiger partial charge in [0.25, 0.3) is 0 Å². The van der Waals surface area contributed by atoms with Crippen LogP contribution < -0.4 is 5.43 Å². The molecule has 0 amide bonds. The van der Waals surface area contributed by atoms with E-state index < -0.39 is 0 Å². The number of pyridine rings is 1. The van der Waals surface area contributed by atoms with Gasteiger partial charge in [-0.2, -0.15) is 0 Å². The standard InChI is InChI=1S/C16H26N2O3/c1-2-17(8-9-19)11-14-10-15(20)16(21)12-18(14)13-6-4-3-5-7-13/h10,12-13,19,21H,2-9,11H2,1H3. The first-order valence-electron chi connectivity index (χ1n) is 7.93. The molecule has 0 aliphatic heterocycles. The van der Waals surface area contributed by atoms with Gasteiger partial charge in [-0.25, -0.2) is 0 Å². The first kappa shape index (κ1) is 16.0. The fraction of sp³-hybridized carbons (Fsp3) is 0.688. The number of aromatic nitrogens is 1. The van der Waals surface area contributed by atoms with Crippen molar-refractivity contribution >= 4 is 0 Å². The molecule has 0 aromatic carbocycles. The van der Waals surface area contributed by atoms with Crippen LogP contribution in [0.1, 0.15) is 50.8 Å². The lowest BCUT2D eigenvalue weighted by Crippen LogP contribution is -2.29. The predicted molar refractivity (Wildman–Crippen MR) is 82.5 cm³/mol. The molecule has 1 saturated carbocycles. The Labute approximate surface area is 125 Å². The van der Waals surface area contributed by atoms with Gasteiger partial charge in [-0.3, -0.25) is 9.69 Å². The SMILES string of the molecule is CCN(CCO)Cc1cc(=O)c(O)cn1C1CCCCC1. The predicted octanol–water partition coefficient (Wildman–Crippen LogP) is 1.87. The van der Waals surface area contributed by atoms with Crippen LogP contribution in [0.2, 0.25) is 0 Å². The Morgan fingerprint density at radius 1 is 1.33 bits per heavy atom. The van der Waals surface area contributed by atoms with Crippen LogP contribution in [0.4, 0.5) is 0 Å². The van der Waals surface area contributed by atoms with E-state index in [0.29, 0.717) is 19.1 Å². The van der Waals surface area contributed by atoms with Gasteiger partial charge >= 0.3 is 0 Å². The molecule has 0 spiro atoms. The molecular weight excluding hydrogens is 268 g/mol. The molecule has 118 valence electrons. The van der Waals surface area contributed by atoms with Crippen molar-refractivity contribution in [2.24, 2.45) is 0 Å². The Morgan fingerprint density at radius 2 is 2.05 bits per heavy atom. The number of hydrogen-bond donors (Lipinski definition) is 2. The topological polar surface area (TPSA) is 65.7 Å². The van der Waals surface area contributed by atoms with Crippen LogP contribution in [0, 0.1) is 0 Å². The van der Waals surface area contributed by atoms with E-state index in [4.69, 9.17) is 5.11 Å². The average Bonchev–Trinajstić information content (AvgIpc) is 2.51. The Kier molecular flexibility index (Phi) is 5.82. The van der Waals surface area contributed by atoms with E-state index in [-0.39, 0.29) is 17.8 Å². The number of hydrogen-bond acceptors (Lipinski definition) is 4. The molecule has 1 aliphatic rings. The van der Waals surface area contributed by atoms with Gasteiger partial charge in [-0.1, -0.05) is 26.2 Å². The average molecular weight is 294 g/mol. The molecule has 5 heteroatoms. The summed E-state index contributed by atoms with van der Waals surface area (Å²) in [6.07, 6.45) is 7.46. The monoisotopic (exact) mass is 294 g/mol. The molecule has 1 aromatic rings. The van der Waals surface area contributed by atoms with Crippen LogP contribution in [0.3, 0.4) is 0 Å². The van der Waals surface area contributed by atoms with Crippen LogP contribution in [0.15, 0.2) is 17.1 Å². The maximum Gasteiger partial charge on any atom is 0.223 e. The molecule has 0 unspecified atom stereocenters. The first-order valence-corrected chi connectivity index (χ1v) is 7.93. The third-order valence-corrected chi connectivity index (χ3v) is 4.36. The summed E-state index contributed by atoms with van der Waals surface area (Å²) in [7, 11) is 0. The molecule has 2 N–H and O–H groups in total. The lowest BCUT2D eigenvalue weighted by molar-refractivity contribution is 0.191. The molecule has 0 saturated heterocycles. The lowest BCUT2D eigenvalue weighted by Gasteiger charge is -2.29. The Bertz CT molecular complexity index is 507. The molecule has 1 heterocycles. The summed E-state index contributed by atoms with van der Waals surface area (Å²) in [6, 6.07) is 1.91. The van der Waals surface area contributed by atoms with Crippen LogP contribution >= 0.6 is 0 Å². The second kappa shape index (κ2) is 7.61. The zero-order chi connectivity index (χ0) is 15.2. The molecule has 1 aromatic heterocycles. The van der Waals surface area contributed by atoms with Crippen LogP contribution in [-0.2, 0) is 6.54 Å². The van der Waals surface area contributed by atoms with Gasteiger partial charge in [0, 0.05) is 30.9 Å². The van der Waals surface area contributed by atoms with Crippen molar-refractivity contribution in [3.8, 4) is 5.75 Å². The minimum Gasteiger partial charge on any atom is -0.503 e. The van der Waals surface area contributed by atoms with E-state index in [1.54, 1.807) is 12.3 Å². The van der Waals surface area contributed by atoms with Crippen molar-refractivity contribution < 1.29 is 10.2 Å². The van der Waals surface area contributed by atoms with E-state index in [9.17, 15) is 9.90 Å². The zero-order valence-corrected chi connectivity index (χ0v) is 12.8. The van der Waals surface area contributed by atoms with E-state index in [0.717, 1.165) is 25.1 Å². The molecular formula is C16H26N2O3. The number of likely N-dealkylation sites (N-methyl/N-ethyl adjacent to an activating group) is 1. The zero-order valence-electron chi connectivity index (χ0n) is 12.8. The summed E-state index contributed by atoms with van der Waals surface area (Å²) in [5.74, 6) is -0.172. The van der Waals surface area contributed by atoms with Crippen molar-refractivity contribution in [2.45, 2.75) is 51.6 Å². The highest BCUT2D eigenvalue weighted by Crippen LogP contribution is 2.29. The van der Waals surface area contributed by atoms with Crippen LogP contribution in [-0.4, -0.2) is 39.4 Å². The van der Waals surface area contributed by atoms with Crippen molar-refractivity contribution in [2.75, 3.05) is 19.7 Å². The highest BCUT2D eigenvalue weighted by atomic mass is 16.3. The Morgan fingerprint density at radius 3 is 2.67 bits per heavy atom. The number of nitrogens with zero attached hydrogens (tertiary/aromatic N) is 2. The number of rotatable bonds is 6. The van der Waals surface area contributed by atoms with E-state index >= 15 is 0 Å². The lowest BCUT2D eigenvalue weighted by atomic mass is 9.95. The molecule has 0 atom stereocenters. The largest absolute Gasteiger partial charge is 0.503 e. The first-order chi connectivity index (χ1) is 10.2. The van der Waals surface area contributed by atoms with Crippen molar-refractivity contribution in [1.82, 2.24) is 9.47 Å². The summed E-state index contributed by atoms with van der Waals surface area (Å²) in [4.78, 5) is 13.9. The molecule has 0 radical (unpaired) electrons. The van der Waals surface area contributed by atoms with Gasteiger partial charge in [0.05, 0.1) is 12.8 Å².